The van der Waals surface area contributed by atoms with E-state index in [9.17, 15) is 0 Å². The normalized spacial score (nSPS) is 12.3. The Hall–Kier alpha value is -1.85. The maximum atomic E-state index is 5.42. The van der Waals surface area contributed by atoms with Gasteiger partial charge >= 0.3 is 0 Å². The Morgan fingerprint density at radius 3 is 2.88 bits per heavy atom. The molecule has 2 heteroatoms. The fraction of sp³-hybridized carbons (Fsp3) is 0.267. The van der Waals surface area contributed by atoms with E-state index >= 15 is 0 Å². The van der Waals surface area contributed by atoms with Crippen molar-refractivity contribution in [3.05, 3.63) is 41.6 Å². The SMILES string of the molecule is C#CCC(NC)c1cc(C)nc2ccccc12. The van der Waals surface area contributed by atoms with Gasteiger partial charge in [-0.15, -0.1) is 12.3 Å². The number of aryl methyl sites for hydroxylation is 1. The van der Waals surface area contributed by atoms with Crippen molar-refractivity contribution in [1.29, 1.82) is 0 Å². The summed E-state index contributed by atoms with van der Waals surface area (Å²) in [7, 11) is 1.94. The number of rotatable bonds is 3. The van der Waals surface area contributed by atoms with Gasteiger partial charge in [-0.2, -0.15) is 0 Å². The van der Waals surface area contributed by atoms with Gasteiger partial charge < -0.3 is 5.32 Å². The maximum Gasteiger partial charge on any atom is 0.0708 e. The number of nitrogens with one attached hydrogen (secondary N) is 1. The van der Waals surface area contributed by atoms with Crippen LogP contribution in [0.3, 0.4) is 0 Å². The highest BCUT2D eigenvalue weighted by molar-refractivity contribution is 5.82. The monoisotopic (exact) mass is 224 g/mol. The fourth-order valence-electron chi connectivity index (χ4n) is 2.11. The highest BCUT2D eigenvalue weighted by atomic mass is 14.9. The van der Waals surface area contributed by atoms with Crippen molar-refractivity contribution in [2.75, 3.05) is 7.05 Å². The molecule has 0 radical (unpaired) electrons. The number of hydrogen-bond acceptors (Lipinski definition) is 2. The lowest BCUT2D eigenvalue weighted by Gasteiger charge is -2.16. The Morgan fingerprint density at radius 1 is 1.41 bits per heavy atom. The number of para-hydroxylation sites is 1. The zero-order chi connectivity index (χ0) is 12.3. The van der Waals surface area contributed by atoms with E-state index in [4.69, 9.17) is 6.42 Å². The third-order valence-corrected chi connectivity index (χ3v) is 2.92. The number of terminal acetylenes is 1. The van der Waals surface area contributed by atoms with Gasteiger partial charge in [0.15, 0.2) is 0 Å². The number of pyridine rings is 1. The van der Waals surface area contributed by atoms with Crippen molar-refractivity contribution in [3.8, 4) is 12.3 Å². The number of fused-ring (bicyclic) bond motifs is 1. The molecule has 0 aliphatic rings. The second kappa shape index (κ2) is 4.99. The molecule has 17 heavy (non-hydrogen) atoms. The predicted octanol–water partition coefficient (Wildman–Crippen LogP) is 2.83. The Balaban J connectivity index is 2.63. The Morgan fingerprint density at radius 2 is 2.18 bits per heavy atom. The first kappa shape index (κ1) is 11.6. The van der Waals surface area contributed by atoms with Gasteiger partial charge in [0.1, 0.15) is 0 Å². The van der Waals surface area contributed by atoms with Crippen LogP contribution in [0.25, 0.3) is 10.9 Å². The molecule has 1 aromatic carbocycles. The molecule has 1 N–H and O–H groups in total. The van der Waals surface area contributed by atoms with E-state index < -0.39 is 0 Å². The lowest BCUT2D eigenvalue weighted by Crippen LogP contribution is -2.16. The van der Waals surface area contributed by atoms with Gasteiger partial charge in [-0.05, 0) is 31.7 Å². The van der Waals surface area contributed by atoms with Gasteiger partial charge in [-0.1, -0.05) is 18.2 Å². The number of hydrogen-bond donors (Lipinski definition) is 1. The minimum atomic E-state index is 0.187. The molecular formula is C15H16N2. The Labute approximate surface area is 102 Å². The summed E-state index contributed by atoms with van der Waals surface area (Å²) >= 11 is 0. The van der Waals surface area contributed by atoms with Crippen LogP contribution >= 0.6 is 0 Å². The first-order valence-corrected chi connectivity index (χ1v) is 5.73. The van der Waals surface area contributed by atoms with Crippen LogP contribution in [0.4, 0.5) is 0 Å². The molecule has 0 saturated carbocycles. The van der Waals surface area contributed by atoms with Crippen LogP contribution in [0.2, 0.25) is 0 Å². The van der Waals surface area contributed by atoms with Crippen molar-refractivity contribution < 1.29 is 0 Å². The lowest BCUT2D eigenvalue weighted by atomic mass is 9.99. The van der Waals surface area contributed by atoms with Crippen molar-refractivity contribution in [2.45, 2.75) is 19.4 Å². The Kier molecular flexibility index (Phi) is 3.41. The first-order valence-electron chi connectivity index (χ1n) is 5.73. The van der Waals surface area contributed by atoms with Gasteiger partial charge in [0.2, 0.25) is 0 Å². The van der Waals surface area contributed by atoms with Crippen molar-refractivity contribution in [2.24, 2.45) is 0 Å². The molecule has 0 aliphatic carbocycles. The standard InChI is InChI=1S/C15H16N2/c1-4-7-14(16-3)13-10-11(2)17-15-9-6-5-8-12(13)15/h1,5-6,8-10,14,16H,7H2,2-3H3. The van der Waals surface area contributed by atoms with E-state index in [2.05, 4.69) is 28.4 Å². The second-order valence-corrected chi connectivity index (χ2v) is 4.12. The summed E-state index contributed by atoms with van der Waals surface area (Å²) in [5, 5.41) is 4.44. The Bertz CT molecular complexity index is 567. The minimum absolute atomic E-state index is 0.187. The van der Waals surface area contributed by atoms with Crippen LogP contribution < -0.4 is 5.32 Å². The average Bonchev–Trinajstić information content (AvgIpc) is 2.35. The van der Waals surface area contributed by atoms with Crippen LogP contribution in [0, 0.1) is 19.3 Å². The van der Waals surface area contributed by atoms with E-state index in [0.29, 0.717) is 6.42 Å². The summed E-state index contributed by atoms with van der Waals surface area (Å²) < 4.78 is 0. The molecule has 0 bridgehead atoms. The zero-order valence-electron chi connectivity index (χ0n) is 10.2. The molecule has 0 amide bonds. The molecule has 1 aromatic heterocycles. The third kappa shape index (κ3) is 2.30. The lowest BCUT2D eigenvalue weighted by molar-refractivity contribution is 0.615. The molecule has 2 nitrogen and oxygen atoms in total. The van der Waals surface area contributed by atoms with E-state index in [1.165, 1.54) is 10.9 Å². The summed E-state index contributed by atoms with van der Waals surface area (Å²) in [5.74, 6) is 2.72. The van der Waals surface area contributed by atoms with Gasteiger partial charge in [0, 0.05) is 23.5 Å². The summed E-state index contributed by atoms with van der Waals surface area (Å²) in [4.78, 5) is 4.53. The molecular weight excluding hydrogens is 208 g/mol. The fourth-order valence-corrected chi connectivity index (χ4v) is 2.11. The van der Waals surface area contributed by atoms with Gasteiger partial charge in [0.25, 0.3) is 0 Å². The van der Waals surface area contributed by atoms with Crippen LogP contribution in [0.5, 0.6) is 0 Å². The van der Waals surface area contributed by atoms with Crippen molar-refractivity contribution in [3.63, 3.8) is 0 Å². The molecule has 1 atom stereocenters. The van der Waals surface area contributed by atoms with Gasteiger partial charge in [-0.25, -0.2) is 0 Å². The topological polar surface area (TPSA) is 24.9 Å². The number of benzene rings is 1. The smallest absolute Gasteiger partial charge is 0.0708 e. The molecule has 0 spiro atoms. The molecule has 0 saturated heterocycles. The highest BCUT2D eigenvalue weighted by Crippen LogP contribution is 2.25. The number of aromatic nitrogens is 1. The second-order valence-electron chi connectivity index (χ2n) is 4.12. The average molecular weight is 224 g/mol. The van der Waals surface area contributed by atoms with Crippen LogP contribution in [-0.2, 0) is 0 Å². The third-order valence-electron chi connectivity index (χ3n) is 2.92. The molecule has 2 rings (SSSR count). The molecule has 1 heterocycles. The summed E-state index contributed by atoms with van der Waals surface area (Å²) in [5.41, 5.74) is 3.28. The van der Waals surface area contributed by atoms with E-state index in [0.717, 1.165) is 11.2 Å². The van der Waals surface area contributed by atoms with Crippen molar-refractivity contribution in [1.82, 2.24) is 10.3 Å². The van der Waals surface area contributed by atoms with E-state index in [1.54, 1.807) is 0 Å². The largest absolute Gasteiger partial charge is 0.312 e. The highest BCUT2D eigenvalue weighted by Gasteiger charge is 2.12. The first-order chi connectivity index (χ1) is 8.26. The van der Waals surface area contributed by atoms with Crippen molar-refractivity contribution >= 4 is 10.9 Å². The summed E-state index contributed by atoms with van der Waals surface area (Å²) in [6.07, 6.45) is 6.10. The molecule has 0 fully saturated rings. The predicted molar refractivity (Wildman–Crippen MR) is 71.7 cm³/mol. The molecule has 2 aromatic rings. The zero-order valence-corrected chi connectivity index (χ0v) is 10.2. The summed E-state index contributed by atoms with van der Waals surface area (Å²) in [6, 6.07) is 10.5. The van der Waals surface area contributed by atoms with Gasteiger partial charge in [0.05, 0.1) is 5.52 Å². The minimum Gasteiger partial charge on any atom is -0.312 e. The quantitative estimate of drug-likeness (QED) is 0.811. The molecule has 86 valence electrons. The maximum absolute atomic E-state index is 5.42. The van der Waals surface area contributed by atoms with Gasteiger partial charge in [-0.3, -0.25) is 4.98 Å². The van der Waals surface area contributed by atoms with Crippen LogP contribution in [0.15, 0.2) is 30.3 Å². The molecule has 1 unspecified atom stereocenters. The molecule has 0 aliphatic heterocycles. The van der Waals surface area contributed by atoms with Crippen LogP contribution in [-0.4, -0.2) is 12.0 Å². The van der Waals surface area contributed by atoms with E-state index in [1.807, 2.05) is 32.2 Å². The number of nitrogens with zero attached hydrogens (tertiary/aromatic N) is 1. The van der Waals surface area contributed by atoms with Crippen LogP contribution in [0.1, 0.15) is 23.7 Å². The van der Waals surface area contributed by atoms with E-state index in [-0.39, 0.29) is 6.04 Å². The summed E-state index contributed by atoms with van der Waals surface area (Å²) in [6.45, 7) is 2.01.